The number of carbonyl (C=O) groups is 2. The van der Waals surface area contributed by atoms with Gasteiger partial charge in [-0.15, -0.1) is 0 Å². The zero-order valence-corrected chi connectivity index (χ0v) is 17.3. The van der Waals surface area contributed by atoms with Crippen LogP contribution in [0, 0.1) is 5.92 Å². The average Bonchev–Trinajstić information content (AvgIpc) is 3.03. The van der Waals surface area contributed by atoms with Crippen molar-refractivity contribution in [3.05, 3.63) is 35.9 Å². The summed E-state index contributed by atoms with van der Waals surface area (Å²) in [6.45, 7) is 6.48. The topological polar surface area (TPSA) is 67.9 Å². The summed E-state index contributed by atoms with van der Waals surface area (Å²) in [5.74, 6) is 0.161. The minimum absolute atomic E-state index is 0.102. The zero-order valence-electron chi connectivity index (χ0n) is 17.3. The van der Waals surface area contributed by atoms with E-state index in [1.165, 1.54) is 12.8 Å². The van der Waals surface area contributed by atoms with Crippen LogP contribution in [0.25, 0.3) is 0 Å². The van der Waals surface area contributed by atoms with Crippen LogP contribution in [0.4, 0.5) is 4.79 Å². The Balaban J connectivity index is 1.68. The second-order valence-corrected chi connectivity index (χ2v) is 8.97. The van der Waals surface area contributed by atoms with Crippen LogP contribution < -0.4 is 5.32 Å². The lowest BCUT2D eigenvalue weighted by atomic mass is 9.93. The van der Waals surface area contributed by atoms with E-state index in [1.54, 1.807) is 20.8 Å². The molecule has 0 radical (unpaired) electrons. The van der Waals surface area contributed by atoms with Crippen molar-refractivity contribution in [2.75, 3.05) is 13.6 Å². The zero-order chi connectivity index (χ0) is 20.3. The van der Waals surface area contributed by atoms with Crippen LogP contribution in [0.1, 0.15) is 58.1 Å². The molecule has 1 saturated carbocycles. The van der Waals surface area contributed by atoms with Crippen molar-refractivity contribution in [3.63, 3.8) is 0 Å². The third-order valence-electron chi connectivity index (χ3n) is 5.58. The molecule has 1 heterocycles. The summed E-state index contributed by atoms with van der Waals surface area (Å²) in [6.07, 6.45) is 3.43. The number of nitrogens with zero attached hydrogens (tertiary/aromatic N) is 1. The van der Waals surface area contributed by atoms with Crippen LogP contribution in [0.15, 0.2) is 30.3 Å². The molecule has 6 nitrogen and oxygen atoms in total. The number of hydrogen-bond acceptors (Lipinski definition) is 5. The van der Waals surface area contributed by atoms with Gasteiger partial charge in [-0.2, -0.15) is 0 Å². The van der Waals surface area contributed by atoms with E-state index >= 15 is 0 Å². The molecule has 154 valence electrons. The van der Waals surface area contributed by atoms with Gasteiger partial charge >= 0.3 is 12.1 Å². The smallest absolute Gasteiger partial charge is 0.408 e. The van der Waals surface area contributed by atoms with Gasteiger partial charge in [0.25, 0.3) is 0 Å². The number of likely N-dealkylation sites (tertiary alicyclic amines) is 1. The lowest BCUT2D eigenvalue weighted by Crippen LogP contribution is -2.40. The van der Waals surface area contributed by atoms with Crippen LogP contribution in [-0.2, 0) is 14.3 Å². The number of ether oxygens (including phenoxy) is 2. The van der Waals surface area contributed by atoms with Gasteiger partial charge in [0, 0.05) is 12.5 Å². The average molecular weight is 389 g/mol. The molecule has 4 unspecified atom stereocenters. The molecule has 1 N–H and O–H groups in total. The van der Waals surface area contributed by atoms with Gasteiger partial charge < -0.3 is 19.7 Å². The van der Waals surface area contributed by atoms with Crippen molar-refractivity contribution < 1.29 is 19.1 Å². The number of alkyl carbamates (subject to hydrolysis) is 1. The third-order valence-corrected chi connectivity index (χ3v) is 5.58. The molecule has 1 aliphatic heterocycles. The second-order valence-electron chi connectivity index (χ2n) is 8.97. The van der Waals surface area contributed by atoms with E-state index in [-0.39, 0.29) is 6.10 Å². The van der Waals surface area contributed by atoms with Crippen molar-refractivity contribution in [1.82, 2.24) is 10.2 Å². The van der Waals surface area contributed by atoms with Gasteiger partial charge in [0.2, 0.25) is 0 Å². The van der Waals surface area contributed by atoms with Gasteiger partial charge in [0.1, 0.15) is 11.7 Å². The Labute approximate surface area is 167 Å². The van der Waals surface area contributed by atoms with Crippen molar-refractivity contribution in [2.45, 2.75) is 70.2 Å². The van der Waals surface area contributed by atoms with Gasteiger partial charge in [-0.3, -0.25) is 0 Å². The quantitative estimate of drug-likeness (QED) is 0.797. The van der Waals surface area contributed by atoms with E-state index < -0.39 is 23.7 Å². The molecular formula is C22H32N2O4. The first-order chi connectivity index (χ1) is 13.2. The monoisotopic (exact) mass is 388 g/mol. The summed E-state index contributed by atoms with van der Waals surface area (Å²) in [6, 6.07) is 8.78. The molecule has 1 saturated heterocycles. The van der Waals surface area contributed by atoms with E-state index in [9.17, 15) is 9.59 Å². The first-order valence-electron chi connectivity index (χ1n) is 10.2. The fourth-order valence-corrected chi connectivity index (χ4v) is 4.35. The molecule has 28 heavy (non-hydrogen) atoms. The molecule has 0 spiro atoms. The third kappa shape index (κ3) is 5.25. The van der Waals surface area contributed by atoms with Gasteiger partial charge in [0.15, 0.2) is 6.04 Å². The number of rotatable bonds is 4. The summed E-state index contributed by atoms with van der Waals surface area (Å²) in [7, 11) is 2.15. The molecule has 0 bridgehead atoms. The summed E-state index contributed by atoms with van der Waals surface area (Å²) in [5.41, 5.74) is 0.0481. The molecule has 2 aliphatic rings. The van der Waals surface area contributed by atoms with Crippen molar-refractivity contribution in [3.8, 4) is 0 Å². The van der Waals surface area contributed by atoms with Gasteiger partial charge in [0.05, 0.1) is 0 Å². The maximum atomic E-state index is 13.0. The van der Waals surface area contributed by atoms with Crippen molar-refractivity contribution >= 4 is 12.1 Å². The summed E-state index contributed by atoms with van der Waals surface area (Å²) in [5, 5.41) is 2.69. The van der Waals surface area contributed by atoms with E-state index in [0.29, 0.717) is 17.5 Å². The lowest BCUT2D eigenvalue weighted by Gasteiger charge is -2.34. The Morgan fingerprint density at radius 3 is 2.54 bits per heavy atom. The largest absolute Gasteiger partial charge is 0.461 e. The second kappa shape index (κ2) is 8.52. The standard InChI is InChI=1S/C22H32N2O4/c1-22(2,3)28-21(26)23-19(15-9-6-5-7-10-15)20(25)27-17-13-16-11-8-12-24(4)18(16)14-17/h5-7,9-10,16-19H,8,11-14H2,1-4H3,(H,23,26). The Morgan fingerprint density at radius 2 is 1.89 bits per heavy atom. The molecule has 4 atom stereocenters. The predicted octanol–water partition coefficient (Wildman–Crippen LogP) is 3.67. The van der Waals surface area contributed by atoms with Gasteiger partial charge in [-0.05, 0) is 65.1 Å². The number of fused-ring (bicyclic) bond motifs is 1. The molecule has 0 aromatic heterocycles. The maximum Gasteiger partial charge on any atom is 0.408 e. The van der Waals surface area contributed by atoms with E-state index in [2.05, 4.69) is 17.3 Å². The molecule has 1 aromatic rings. The molecule has 1 aromatic carbocycles. The van der Waals surface area contributed by atoms with Gasteiger partial charge in [-0.1, -0.05) is 30.3 Å². The number of esters is 1. The number of nitrogens with one attached hydrogen (secondary N) is 1. The number of carbonyl (C=O) groups excluding carboxylic acids is 2. The predicted molar refractivity (Wildman–Crippen MR) is 107 cm³/mol. The number of benzene rings is 1. The molecule has 3 rings (SSSR count). The SMILES string of the molecule is CN1CCCC2CC(OC(=O)C(NC(=O)OC(C)(C)C)c3ccccc3)CC21. The van der Waals surface area contributed by atoms with E-state index in [4.69, 9.17) is 9.47 Å². The fraction of sp³-hybridized carbons (Fsp3) is 0.636. The van der Waals surface area contributed by atoms with Gasteiger partial charge in [-0.25, -0.2) is 9.59 Å². The highest BCUT2D eigenvalue weighted by molar-refractivity contribution is 5.83. The highest BCUT2D eigenvalue weighted by Gasteiger charge is 2.41. The lowest BCUT2D eigenvalue weighted by molar-refractivity contribution is -0.151. The fourth-order valence-electron chi connectivity index (χ4n) is 4.35. The Morgan fingerprint density at radius 1 is 1.18 bits per heavy atom. The molecule has 1 amide bonds. The molecular weight excluding hydrogens is 356 g/mol. The summed E-state index contributed by atoms with van der Waals surface area (Å²) < 4.78 is 11.2. The molecule has 2 fully saturated rings. The van der Waals surface area contributed by atoms with Crippen molar-refractivity contribution in [2.24, 2.45) is 5.92 Å². The highest BCUT2D eigenvalue weighted by atomic mass is 16.6. The Bertz CT molecular complexity index is 686. The first kappa shape index (κ1) is 20.6. The normalized spacial score (nSPS) is 26.2. The van der Waals surface area contributed by atoms with Crippen molar-refractivity contribution in [1.29, 1.82) is 0 Å². The van der Waals surface area contributed by atoms with E-state index in [1.807, 2.05) is 30.3 Å². The van der Waals surface area contributed by atoms with Crippen LogP contribution in [0.2, 0.25) is 0 Å². The molecule has 6 heteroatoms. The first-order valence-corrected chi connectivity index (χ1v) is 10.2. The summed E-state index contributed by atoms with van der Waals surface area (Å²) >= 11 is 0. The minimum Gasteiger partial charge on any atom is -0.461 e. The minimum atomic E-state index is -0.878. The highest BCUT2D eigenvalue weighted by Crippen LogP contribution is 2.38. The van der Waals surface area contributed by atoms with Crippen LogP contribution >= 0.6 is 0 Å². The Hall–Kier alpha value is -2.08. The van der Waals surface area contributed by atoms with E-state index in [0.717, 1.165) is 19.4 Å². The number of piperidine rings is 1. The van der Waals surface area contributed by atoms with Crippen LogP contribution in [-0.4, -0.2) is 48.3 Å². The number of hydrogen-bond donors (Lipinski definition) is 1. The van der Waals surface area contributed by atoms with Crippen LogP contribution in [0.5, 0.6) is 0 Å². The Kier molecular flexibility index (Phi) is 6.28. The molecule has 1 aliphatic carbocycles. The summed E-state index contributed by atoms with van der Waals surface area (Å²) in [4.78, 5) is 27.7. The van der Waals surface area contributed by atoms with Crippen LogP contribution in [0.3, 0.4) is 0 Å². The maximum absolute atomic E-state index is 13.0. The number of amides is 1.